The number of piperazine rings is 1. The fourth-order valence-corrected chi connectivity index (χ4v) is 3.07. The van der Waals surface area contributed by atoms with Crippen LogP contribution in [0.25, 0.3) is 0 Å². The minimum absolute atomic E-state index is 0.833. The van der Waals surface area contributed by atoms with Crippen molar-refractivity contribution in [2.75, 3.05) is 50.5 Å². The first kappa shape index (κ1) is 15.7. The molecule has 1 aliphatic rings. The zero-order valence-electron chi connectivity index (χ0n) is 13.7. The Hall–Kier alpha value is -2.20. The van der Waals surface area contributed by atoms with E-state index in [1.165, 1.54) is 11.3 Å². The summed E-state index contributed by atoms with van der Waals surface area (Å²) >= 11 is 0. The van der Waals surface area contributed by atoms with Crippen LogP contribution in [0.1, 0.15) is 5.56 Å². The van der Waals surface area contributed by atoms with E-state index in [9.17, 15) is 0 Å². The van der Waals surface area contributed by atoms with Gasteiger partial charge < -0.3 is 15.4 Å². The lowest BCUT2D eigenvalue weighted by molar-refractivity contribution is 0.260. The molecule has 0 radical (unpaired) electrons. The molecule has 0 bridgehead atoms. The summed E-state index contributed by atoms with van der Waals surface area (Å²) in [6, 6.07) is 16.5. The normalized spacial score (nSPS) is 15.6. The van der Waals surface area contributed by atoms with Crippen LogP contribution in [-0.4, -0.2) is 44.7 Å². The Morgan fingerprint density at radius 2 is 1.65 bits per heavy atom. The lowest BCUT2D eigenvalue weighted by Gasteiger charge is -2.36. The van der Waals surface area contributed by atoms with Gasteiger partial charge in [-0.1, -0.05) is 24.3 Å². The molecule has 0 aromatic heterocycles. The van der Waals surface area contributed by atoms with Gasteiger partial charge in [-0.15, -0.1) is 0 Å². The van der Waals surface area contributed by atoms with Crippen LogP contribution < -0.4 is 15.4 Å². The van der Waals surface area contributed by atoms with Gasteiger partial charge in [0.25, 0.3) is 0 Å². The highest BCUT2D eigenvalue weighted by Crippen LogP contribution is 2.28. The van der Waals surface area contributed by atoms with Gasteiger partial charge in [0.2, 0.25) is 0 Å². The van der Waals surface area contributed by atoms with Crippen LogP contribution in [0.2, 0.25) is 0 Å². The van der Waals surface area contributed by atoms with E-state index < -0.39 is 0 Å². The van der Waals surface area contributed by atoms with Crippen molar-refractivity contribution in [2.24, 2.45) is 0 Å². The number of methoxy groups -OCH3 is 1. The van der Waals surface area contributed by atoms with E-state index in [0.29, 0.717) is 0 Å². The molecular formula is C19H25N3O. The first-order valence-corrected chi connectivity index (χ1v) is 8.21. The Balaban J connectivity index is 1.51. The van der Waals surface area contributed by atoms with Gasteiger partial charge in [-0.2, -0.15) is 0 Å². The quantitative estimate of drug-likeness (QED) is 0.862. The second-order valence-electron chi connectivity index (χ2n) is 5.99. The molecule has 4 nitrogen and oxygen atoms in total. The summed E-state index contributed by atoms with van der Waals surface area (Å²) in [4.78, 5) is 4.95. The molecule has 0 atom stereocenters. The number of rotatable bonds is 5. The van der Waals surface area contributed by atoms with Gasteiger partial charge in [-0.05, 0) is 36.2 Å². The van der Waals surface area contributed by atoms with Crippen molar-refractivity contribution in [3.63, 3.8) is 0 Å². The molecule has 0 amide bonds. The summed E-state index contributed by atoms with van der Waals surface area (Å²) in [6.07, 6.45) is 1.08. The van der Waals surface area contributed by atoms with Crippen LogP contribution in [0, 0.1) is 0 Å². The average molecular weight is 311 g/mol. The Morgan fingerprint density at radius 3 is 2.35 bits per heavy atom. The second-order valence-corrected chi connectivity index (χ2v) is 5.99. The molecule has 23 heavy (non-hydrogen) atoms. The van der Waals surface area contributed by atoms with Crippen molar-refractivity contribution in [1.29, 1.82) is 0 Å². The number of nitrogens with two attached hydrogens (primary N) is 1. The molecule has 3 rings (SSSR count). The summed E-state index contributed by atoms with van der Waals surface area (Å²) in [7, 11) is 1.74. The smallest absolute Gasteiger partial charge is 0.142 e. The first-order chi connectivity index (χ1) is 11.3. The molecule has 0 saturated carbocycles. The maximum absolute atomic E-state index is 5.73. The second kappa shape index (κ2) is 7.38. The lowest BCUT2D eigenvalue weighted by atomic mass is 10.1. The molecule has 1 aliphatic heterocycles. The summed E-state index contributed by atoms with van der Waals surface area (Å²) in [5.41, 5.74) is 9.12. The molecule has 1 saturated heterocycles. The number of nitrogens with zero attached hydrogens (tertiary/aromatic N) is 2. The minimum Gasteiger partial charge on any atom is -0.495 e. The van der Waals surface area contributed by atoms with E-state index in [2.05, 4.69) is 34.1 Å². The number of benzene rings is 2. The number of nitrogen functional groups attached to an aromatic ring is 1. The van der Waals surface area contributed by atoms with Gasteiger partial charge >= 0.3 is 0 Å². The maximum atomic E-state index is 5.73. The lowest BCUT2D eigenvalue weighted by Crippen LogP contribution is -2.47. The Morgan fingerprint density at radius 1 is 0.957 bits per heavy atom. The van der Waals surface area contributed by atoms with Crippen molar-refractivity contribution in [3.8, 4) is 5.75 Å². The van der Waals surface area contributed by atoms with Crippen molar-refractivity contribution in [2.45, 2.75) is 6.42 Å². The zero-order chi connectivity index (χ0) is 16.1. The largest absolute Gasteiger partial charge is 0.495 e. The topological polar surface area (TPSA) is 41.7 Å². The predicted octanol–water partition coefficient (Wildman–Crippen LogP) is 2.64. The summed E-state index contributed by atoms with van der Waals surface area (Å²) in [5.74, 6) is 0.961. The van der Waals surface area contributed by atoms with Gasteiger partial charge in [0.05, 0.1) is 12.8 Å². The highest BCUT2D eigenvalue weighted by atomic mass is 16.5. The van der Waals surface area contributed by atoms with E-state index in [4.69, 9.17) is 10.5 Å². The first-order valence-electron chi connectivity index (χ1n) is 8.21. The Kier molecular flexibility index (Phi) is 5.03. The molecule has 2 aromatic rings. The SMILES string of the molecule is COc1ccccc1N1CCN(CCc2ccc(N)cc2)CC1. The van der Waals surface area contributed by atoms with Crippen molar-refractivity contribution in [3.05, 3.63) is 54.1 Å². The van der Waals surface area contributed by atoms with Crippen LogP contribution in [0.4, 0.5) is 11.4 Å². The summed E-state index contributed by atoms with van der Waals surface area (Å²) in [6.45, 7) is 5.37. The van der Waals surface area contributed by atoms with Crippen LogP contribution >= 0.6 is 0 Å². The van der Waals surface area contributed by atoms with Crippen molar-refractivity contribution < 1.29 is 4.74 Å². The molecular weight excluding hydrogens is 286 g/mol. The predicted molar refractivity (Wildman–Crippen MR) is 96.2 cm³/mol. The summed E-state index contributed by atoms with van der Waals surface area (Å²) in [5, 5.41) is 0. The number of para-hydroxylation sites is 2. The molecule has 0 unspecified atom stereocenters. The third kappa shape index (κ3) is 3.96. The van der Waals surface area contributed by atoms with Crippen molar-refractivity contribution >= 4 is 11.4 Å². The van der Waals surface area contributed by atoms with E-state index in [1.54, 1.807) is 7.11 Å². The van der Waals surface area contributed by atoms with Gasteiger partial charge in [0.15, 0.2) is 0 Å². The molecule has 122 valence electrons. The maximum Gasteiger partial charge on any atom is 0.142 e. The summed E-state index contributed by atoms with van der Waals surface area (Å²) < 4.78 is 5.47. The molecule has 1 heterocycles. The molecule has 0 aliphatic carbocycles. The standard InChI is InChI=1S/C19H25N3O/c1-23-19-5-3-2-4-18(19)22-14-12-21(13-15-22)11-10-16-6-8-17(20)9-7-16/h2-9H,10-15,20H2,1H3. The Bertz CT molecular complexity index is 619. The van der Waals surface area contributed by atoms with E-state index >= 15 is 0 Å². The highest BCUT2D eigenvalue weighted by molar-refractivity contribution is 5.58. The highest BCUT2D eigenvalue weighted by Gasteiger charge is 2.19. The third-order valence-electron chi connectivity index (χ3n) is 4.49. The number of hydrogen-bond donors (Lipinski definition) is 1. The van der Waals surface area contributed by atoms with Gasteiger partial charge in [-0.3, -0.25) is 4.90 Å². The molecule has 4 heteroatoms. The monoisotopic (exact) mass is 311 g/mol. The van der Waals surface area contributed by atoms with Crippen molar-refractivity contribution in [1.82, 2.24) is 4.90 Å². The van der Waals surface area contributed by atoms with E-state index in [0.717, 1.165) is 50.6 Å². The van der Waals surface area contributed by atoms with Crippen LogP contribution in [0.15, 0.2) is 48.5 Å². The van der Waals surface area contributed by atoms with Gasteiger partial charge in [0.1, 0.15) is 5.75 Å². The zero-order valence-corrected chi connectivity index (χ0v) is 13.7. The molecule has 1 fully saturated rings. The van der Waals surface area contributed by atoms with E-state index in [-0.39, 0.29) is 0 Å². The third-order valence-corrected chi connectivity index (χ3v) is 4.49. The van der Waals surface area contributed by atoms with Gasteiger partial charge in [0, 0.05) is 38.4 Å². The van der Waals surface area contributed by atoms with Gasteiger partial charge in [-0.25, -0.2) is 0 Å². The van der Waals surface area contributed by atoms with Crippen LogP contribution in [0.5, 0.6) is 5.75 Å². The molecule has 0 spiro atoms. The van der Waals surface area contributed by atoms with Crippen LogP contribution in [-0.2, 0) is 6.42 Å². The fraction of sp³-hybridized carbons (Fsp3) is 0.368. The minimum atomic E-state index is 0.833. The molecule has 2 N–H and O–H groups in total. The Labute approximate surface area is 138 Å². The molecule has 2 aromatic carbocycles. The number of anilines is 2. The fourth-order valence-electron chi connectivity index (χ4n) is 3.07. The number of ether oxygens (including phenoxy) is 1. The number of hydrogen-bond acceptors (Lipinski definition) is 4. The van der Waals surface area contributed by atoms with E-state index in [1.807, 2.05) is 24.3 Å². The average Bonchev–Trinajstić information content (AvgIpc) is 2.62. The van der Waals surface area contributed by atoms with Crippen LogP contribution in [0.3, 0.4) is 0 Å².